The summed E-state index contributed by atoms with van der Waals surface area (Å²) < 4.78 is 0. The Labute approximate surface area is 140 Å². The van der Waals surface area contributed by atoms with E-state index < -0.39 is 4.92 Å². The van der Waals surface area contributed by atoms with E-state index in [9.17, 15) is 14.9 Å². The third-order valence-electron chi connectivity index (χ3n) is 4.41. The van der Waals surface area contributed by atoms with Gasteiger partial charge in [0.2, 0.25) is 5.91 Å². The minimum absolute atomic E-state index is 0.0144. The number of para-hydroxylation sites is 1. The molecular weight excluding hydrogens is 308 g/mol. The van der Waals surface area contributed by atoms with Crippen molar-refractivity contribution >= 4 is 28.2 Å². The molecule has 1 aromatic heterocycles. The van der Waals surface area contributed by atoms with Crippen molar-refractivity contribution in [2.75, 3.05) is 31.6 Å². The first kappa shape index (κ1) is 16.2. The number of fused-ring (bicyclic) bond motifs is 1. The minimum Gasteiger partial charge on any atom is -0.372 e. The summed E-state index contributed by atoms with van der Waals surface area (Å²) in [7, 11) is 1.94. The van der Waals surface area contributed by atoms with Gasteiger partial charge in [-0.3, -0.25) is 14.9 Å². The Kier molecular flexibility index (Phi) is 4.33. The van der Waals surface area contributed by atoms with Crippen LogP contribution in [0.15, 0.2) is 24.3 Å². The highest BCUT2D eigenvalue weighted by Crippen LogP contribution is 2.31. The van der Waals surface area contributed by atoms with Gasteiger partial charge in [-0.15, -0.1) is 0 Å². The predicted molar refractivity (Wildman–Crippen MR) is 92.2 cm³/mol. The van der Waals surface area contributed by atoms with Gasteiger partial charge in [0.05, 0.1) is 4.92 Å². The second kappa shape index (κ2) is 6.43. The molecule has 0 atom stereocenters. The number of nitro groups is 1. The largest absolute Gasteiger partial charge is 0.372 e. The molecule has 1 aromatic carbocycles. The molecule has 0 saturated carbocycles. The highest BCUT2D eigenvalue weighted by Gasteiger charge is 2.21. The van der Waals surface area contributed by atoms with Gasteiger partial charge in [0, 0.05) is 55.9 Å². The van der Waals surface area contributed by atoms with Crippen LogP contribution in [0.2, 0.25) is 0 Å². The SMILES string of the molecule is Cc1cc(N(C)CCN2CCCC2=O)c2cccc([N+](=O)[O-])c2n1. The van der Waals surface area contributed by atoms with Crippen LogP contribution >= 0.6 is 0 Å². The molecule has 0 spiro atoms. The summed E-state index contributed by atoms with van der Waals surface area (Å²) in [5, 5.41) is 12.0. The predicted octanol–water partition coefficient (Wildman–Crippen LogP) is 2.51. The normalized spacial score (nSPS) is 14.4. The summed E-state index contributed by atoms with van der Waals surface area (Å²) in [4.78, 5) is 30.8. The van der Waals surface area contributed by atoms with Gasteiger partial charge in [-0.25, -0.2) is 4.98 Å². The van der Waals surface area contributed by atoms with Crippen LogP contribution in [-0.4, -0.2) is 47.4 Å². The fourth-order valence-electron chi connectivity index (χ4n) is 3.13. The van der Waals surface area contributed by atoms with E-state index in [0.29, 0.717) is 25.0 Å². The van der Waals surface area contributed by atoms with E-state index >= 15 is 0 Å². The fraction of sp³-hybridized carbons (Fsp3) is 0.412. The van der Waals surface area contributed by atoms with Gasteiger partial charge in [0.1, 0.15) is 0 Å². The molecule has 1 aliphatic heterocycles. The highest BCUT2D eigenvalue weighted by molar-refractivity contribution is 5.97. The monoisotopic (exact) mass is 328 g/mol. The van der Waals surface area contributed by atoms with Gasteiger partial charge in [0.15, 0.2) is 5.52 Å². The second-order valence-electron chi connectivity index (χ2n) is 6.12. The van der Waals surface area contributed by atoms with E-state index in [2.05, 4.69) is 4.98 Å². The molecule has 7 heteroatoms. The van der Waals surface area contributed by atoms with E-state index in [1.807, 2.05) is 35.9 Å². The van der Waals surface area contributed by atoms with Crippen LogP contribution in [0, 0.1) is 17.0 Å². The molecule has 126 valence electrons. The van der Waals surface area contributed by atoms with E-state index in [1.165, 1.54) is 6.07 Å². The lowest BCUT2D eigenvalue weighted by Crippen LogP contribution is -2.34. The number of nitro benzene ring substituents is 1. The van der Waals surface area contributed by atoms with Crippen molar-refractivity contribution in [3.8, 4) is 0 Å². The Hall–Kier alpha value is -2.70. The number of likely N-dealkylation sites (N-methyl/N-ethyl adjacent to an activating group) is 1. The number of anilines is 1. The van der Waals surface area contributed by atoms with E-state index in [4.69, 9.17) is 0 Å². The Morgan fingerprint density at radius 3 is 2.88 bits per heavy atom. The number of carbonyl (C=O) groups is 1. The zero-order valence-electron chi connectivity index (χ0n) is 13.9. The molecule has 1 amide bonds. The van der Waals surface area contributed by atoms with Crippen LogP contribution in [0.3, 0.4) is 0 Å². The second-order valence-corrected chi connectivity index (χ2v) is 6.12. The summed E-state index contributed by atoms with van der Waals surface area (Å²) in [5.74, 6) is 0.204. The van der Waals surface area contributed by atoms with Crippen molar-refractivity contribution in [2.45, 2.75) is 19.8 Å². The summed E-state index contributed by atoms with van der Waals surface area (Å²) in [5.41, 5.74) is 2.05. The van der Waals surface area contributed by atoms with E-state index in [-0.39, 0.29) is 11.6 Å². The molecule has 2 aromatic rings. The molecule has 7 nitrogen and oxygen atoms in total. The first-order chi connectivity index (χ1) is 11.5. The Balaban J connectivity index is 1.92. The van der Waals surface area contributed by atoms with Gasteiger partial charge in [-0.05, 0) is 19.4 Å². The van der Waals surface area contributed by atoms with Gasteiger partial charge >= 0.3 is 0 Å². The molecule has 0 aliphatic carbocycles. The summed E-state index contributed by atoms with van der Waals surface area (Å²) in [6.45, 7) is 3.98. The Morgan fingerprint density at radius 2 is 2.21 bits per heavy atom. The number of aryl methyl sites for hydroxylation is 1. The third kappa shape index (κ3) is 3.02. The maximum atomic E-state index is 11.7. The number of rotatable bonds is 5. The topological polar surface area (TPSA) is 79.6 Å². The zero-order valence-corrected chi connectivity index (χ0v) is 13.9. The van der Waals surface area contributed by atoms with Crippen LogP contribution < -0.4 is 4.90 Å². The number of aromatic nitrogens is 1. The summed E-state index contributed by atoms with van der Waals surface area (Å²) >= 11 is 0. The molecule has 24 heavy (non-hydrogen) atoms. The summed E-state index contributed by atoms with van der Waals surface area (Å²) in [6, 6.07) is 6.93. The van der Waals surface area contributed by atoms with Gasteiger partial charge in [0.25, 0.3) is 5.69 Å². The minimum atomic E-state index is -0.401. The molecule has 0 bridgehead atoms. The van der Waals surface area contributed by atoms with E-state index in [1.54, 1.807) is 6.07 Å². The quantitative estimate of drug-likeness (QED) is 0.622. The van der Waals surface area contributed by atoms with E-state index in [0.717, 1.165) is 29.7 Å². The number of benzene rings is 1. The van der Waals surface area contributed by atoms with Crippen molar-refractivity contribution in [3.63, 3.8) is 0 Å². The molecule has 1 saturated heterocycles. The first-order valence-electron chi connectivity index (χ1n) is 8.01. The van der Waals surface area contributed by atoms with Crippen LogP contribution in [0.5, 0.6) is 0 Å². The Bertz CT molecular complexity index is 806. The van der Waals surface area contributed by atoms with Crippen molar-refractivity contribution in [1.82, 2.24) is 9.88 Å². The van der Waals surface area contributed by atoms with Gasteiger partial charge in [-0.1, -0.05) is 12.1 Å². The number of pyridine rings is 1. The number of likely N-dealkylation sites (tertiary alicyclic amines) is 1. The highest BCUT2D eigenvalue weighted by atomic mass is 16.6. The van der Waals surface area contributed by atoms with Crippen molar-refractivity contribution in [2.24, 2.45) is 0 Å². The number of non-ortho nitro benzene ring substituents is 1. The number of nitrogens with zero attached hydrogens (tertiary/aromatic N) is 4. The fourth-order valence-corrected chi connectivity index (χ4v) is 3.13. The third-order valence-corrected chi connectivity index (χ3v) is 4.41. The van der Waals surface area contributed by atoms with Crippen LogP contribution in [-0.2, 0) is 4.79 Å². The van der Waals surface area contributed by atoms with Crippen LogP contribution in [0.25, 0.3) is 10.9 Å². The molecule has 3 rings (SSSR count). The lowest BCUT2D eigenvalue weighted by molar-refractivity contribution is -0.383. The zero-order chi connectivity index (χ0) is 17.3. The average molecular weight is 328 g/mol. The number of carbonyl (C=O) groups excluding carboxylic acids is 1. The molecule has 0 unspecified atom stereocenters. The first-order valence-corrected chi connectivity index (χ1v) is 8.01. The standard InChI is InChI=1S/C17H20N4O3/c1-12-11-15(19(2)9-10-20-8-4-7-16(20)22)13-5-3-6-14(21(23)24)17(13)18-12/h3,5-6,11H,4,7-10H2,1-2H3. The average Bonchev–Trinajstić information content (AvgIpc) is 2.96. The van der Waals surface area contributed by atoms with Crippen molar-refractivity contribution < 1.29 is 9.72 Å². The smallest absolute Gasteiger partial charge is 0.295 e. The molecule has 1 aliphatic rings. The van der Waals surface area contributed by atoms with Crippen molar-refractivity contribution in [3.05, 3.63) is 40.1 Å². The van der Waals surface area contributed by atoms with Gasteiger partial charge < -0.3 is 9.80 Å². The number of hydrogen-bond donors (Lipinski definition) is 0. The molecular formula is C17H20N4O3. The molecule has 0 radical (unpaired) electrons. The maximum absolute atomic E-state index is 11.7. The molecule has 0 N–H and O–H groups in total. The molecule has 2 heterocycles. The molecule has 1 fully saturated rings. The number of amides is 1. The van der Waals surface area contributed by atoms with Gasteiger partial charge in [-0.2, -0.15) is 0 Å². The lowest BCUT2D eigenvalue weighted by atomic mass is 10.1. The summed E-state index contributed by atoms with van der Waals surface area (Å²) in [6.07, 6.45) is 1.55. The van der Waals surface area contributed by atoms with Crippen LogP contribution in [0.1, 0.15) is 18.5 Å². The Morgan fingerprint density at radius 1 is 1.42 bits per heavy atom. The maximum Gasteiger partial charge on any atom is 0.295 e. The lowest BCUT2D eigenvalue weighted by Gasteiger charge is -2.24. The number of hydrogen-bond acceptors (Lipinski definition) is 5. The van der Waals surface area contributed by atoms with Crippen molar-refractivity contribution in [1.29, 1.82) is 0 Å². The van der Waals surface area contributed by atoms with Crippen LogP contribution in [0.4, 0.5) is 11.4 Å².